The summed E-state index contributed by atoms with van der Waals surface area (Å²) in [6.07, 6.45) is -4.45. The molecule has 166 valence electrons. The number of hydrogen-bond donors (Lipinski definition) is 0. The number of carbonyl (C=O) groups is 1. The van der Waals surface area contributed by atoms with Gasteiger partial charge in [-0.15, -0.1) is 11.3 Å². The first kappa shape index (κ1) is 23.6. The van der Waals surface area contributed by atoms with Crippen molar-refractivity contribution in [2.24, 2.45) is 0 Å². The van der Waals surface area contributed by atoms with E-state index in [4.69, 9.17) is 0 Å². The highest BCUT2D eigenvalue weighted by Crippen LogP contribution is 2.39. The van der Waals surface area contributed by atoms with Crippen molar-refractivity contribution in [3.8, 4) is 16.6 Å². The first-order valence-electron chi connectivity index (χ1n) is 9.13. The first-order chi connectivity index (χ1) is 14.4. The molecule has 3 rings (SSSR count). The van der Waals surface area contributed by atoms with Crippen molar-refractivity contribution in [3.05, 3.63) is 34.7 Å². The quantitative estimate of drug-likeness (QED) is 0.593. The third kappa shape index (κ3) is 5.22. The van der Waals surface area contributed by atoms with Crippen LogP contribution in [0, 0.1) is 11.3 Å². The minimum Gasteiger partial charge on any atom is -0.341 e. The van der Waals surface area contributed by atoms with Crippen molar-refractivity contribution in [3.63, 3.8) is 0 Å². The minimum absolute atomic E-state index is 0.00521. The molecule has 2 atom stereocenters. The third-order valence-corrected chi connectivity index (χ3v) is 8.63. The maximum absolute atomic E-state index is 13.6. The van der Waals surface area contributed by atoms with E-state index < -0.39 is 44.3 Å². The van der Waals surface area contributed by atoms with Crippen LogP contribution in [0.25, 0.3) is 10.6 Å². The van der Waals surface area contributed by atoms with Gasteiger partial charge in [-0.3, -0.25) is 4.79 Å². The number of thioether (sulfide) groups is 1. The lowest BCUT2D eigenvalue weighted by Crippen LogP contribution is -2.41. The van der Waals surface area contributed by atoms with E-state index >= 15 is 0 Å². The highest BCUT2D eigenvalue weighted by atomic mass is 32.2. The topological polar surface area (TPSA) is 91.1 Å². The molecule has 0 spiro atoms. The van der Waals surface area contributed by atoms with Gasteiger partial charge >= 0.3 is 6.18 Å². The van der Waals surface area contributed by atoms with E-state index in [2.05, 4.69) is 4.98 Å². The molecule has 0 radical (unpaired) electrons. The molecule has 2 aromatic heterocycles. The zero-order valence-corrected chi connectivity index (χ0v) is 19.0. The molecule has 0 saturated carbocycles. The average Bonchev–Trinajstić information content (AvgIpc) is 3.35. The van der Waals surface area contributed by atoms with Crippen molar-refractivity contribution in [2.75, 3.05) is 18.6 Å². The number of hydrogen-bond acceptors (Lipinski definition) is 7. The summed E-state index contributed by atoms with van der Waals surface area (Å²) in [6, 6.07) is 5.24. The fourth-order valence-corrected chi connectivity index (χ4v) is 6.74. The molecule has 0 N–H and O–H groups in total. The molecule has 2 aromatic rings. The maximum Gasteiger partial charge on any atom is 0.417 e. The van der Waals surface area contributed by atoms with Crippen LogP contribution >= 0.6 is 23.1 Å². The Morgan fingerprint density at radius 3 is 2.68 bits per heavy atom. The molecule has 12 heteroatoms. The van der Waals surface area contributed by atoms with Crippen molar-refractivity contribution < 1.29 is 26.4 Å². The normalized spacial score (nSPS) is 19.0. The zero-order valence-electron chi connectivity index (χ0n) is 16.5. The lowest BCUT2D eigenvalue weighted by Gasteiger charge is -2.26. The van der Waals surface area contributed by atoms with Gasteiger partial charge in [0.05, 0.1) is 38.5 Å². The van der Waals surface area contributed by atoms with Crippen LogP contribution < -0.4 is 0 Å². The summed E-state index contributed by atoms with van der Waals surface area (Å²) in [5.41, 5.74) is -1.67. The SMILES string of the molecule is C[C@H](Sc1nc(-c2cccs2)cc(C(F)(F)F)c1C#N)C(=O)N(C)[C@H]1CCS(=O)(=O)C1. The fourth-order valence-electron chi connectivity index (χ4n) is 3.25. The molecule has 1 fully saturated rings. The third-order valence-electron chi connectivity index (χ3n) is 4.92. The molecule has 0 bridgehead atoms. The summed E-state index contributed by atoms with van der Waals surface area (Å²) < 4.78 is 64.3. The van der Waals surface area contributed by atoms with E-state index in [0.717, 1.165) is 17.8 Å². The lowest BCUT2D eigenvalue weighted by molar-refractivity contribution is -0.138. The smallest absolute Gasteiger partial charge is 0.341 e. The first-order valence-corrected chi connectivity index (χ1v) is 12.7. The number of carbonyl (C=O) groups excluding carboxylic acids is 1. The van der Waals surface area contributed by atoms with Crippen molar-refractivity contribution in [1.82, 2.24) is 9.88 Å². The highest BCUT2D eigenvalue weighted by Gasteiger charge is 2.38. The Hall–Kier alpha value is -2.10. The number of amides is 1. The number of nitriles is 1. The van der Waals surface area contributed by atoms with Gasteiger partial charge in [0, 0.05) is 13.1 Å². The molecule has 0 aromatic carbocycles. The Morgan fingerprint density at radius 2 is 2.16 bits per heavy atom. The number of sulfone groups is 1. The van der Waals surface area contributed by atoms with E-state index in [1.54, 1.807) is 23.6 Å². The average molecular weight is 490 g/mol. The van der Waals surface area contributed by atoms with Crippen LogP contribution in [-0.2, 0) is 20.8 Å². The largest absolute Gasteiger partial charge is 0.417 e. The van der Waals surface area contributed by atoms with Crippen LogP contribution in [0.4, 0.5) is 13.2 Å². The van der Waals surface area contributed by atoms with Gasteiger partial charge in [0.15, 0.2) is 9.84 Å². The molecule has 1 aliphatic rings. The van der Waals surface area contributed by atoms with Crippen LogP contribution in [0.3, 0.4) is 0 Å². The molecule has 1 amide bonds. The standard InChI is InChI=1S/C19H18F3N3O3S3/c1-11(18(26)25(2)12-5-7-31(27,28)10-12)30-17-13(9-23)14(19(20,21)22)8-15(24-17)16-4-3-6-29-16/h3-4,6,8,11-12H,5,7,10H2,1-2H3/t11-,12-/m0/s1. The summed E-state index contributed by atoms with van der Waals surface area (Å²) in [6.45, 7) is 1.50. The number of halogens is 3. The maximum atomic E-state index is 13.6. The van der Waals surface area contributed by atoms with Crippen LogP contribution in [0.2, 0.25) is 0 Å². The molecule has 0 aliphatic carbocycles. The number of alkyl halides is 3. The second-order valence-corrected chi connectivity index (χ2v) is 11.6. The number of rotatable bonds is 5. The van der Waals surface area contributed by atoms with Crippen molar-refractivity contribution in [1.29, 1.82) is 5.26 Å². The van der Waals surface area contributed by atoms with Crippen LogP contribution in [0.15, 0.2) is 28.6 Å². The summed E-state index contributed by atoms with van der Waals surface area (Å²) >= 11 is 1.97. The molecular weight excluding hydrogens is 471 g/mol. The summed E-state index contributed by atoms with van der Waals surface area (Å²) in [4.78, 5) is 18.9. The van der Waals surface area contributed by atoms with Gasteiger partial charge < -0.3 is 4.90 Å². The zero-order chi connectivity index (χ0) is 23.0. The van der Waals surface area contributed by atoms with Gasteiger partial charge in [0.25, 0.3) is 0 Å². The number of thiophene rings is 1. The number of pyridine rings is 1. The molecule has 0 unspecified atom stereocenters. The monoisotopic (exact) mass is 489 g/mol. The summed E-state index contributed by atoms with van der Waals surface area (Å²) in [7, 11) is -1.72. The van der Waals surface area contributed by atoms with E-state index in [0.29, 0.717) is 11.3 Å². The molecule has 1 saturated heterocycles. The Morgan fingerprint density at radius 1 is 1.45 bits per heavy atom. The van der Waals surface area contributed by atoms with Crippen LogP contribution in [0.1, 0.15) is 24.5 Å². The van der Waals surface area contributed by atoms with E-state index in [1.165, 1.54) is 30.2 Å². The van der Waals surface area contributed by atoms with Crippen LogP contribution in [0.5, 0.6) is 0 Å². The van der Waals surface area contributed by atoms with Gasteiger partial charge in [0.2, 0.25) is 5.91 Å². The lowest BCUT2D eigenvalue weighted by atomic mass is 10.1. The predicted octanol–water partition coefficient (Wildman–Crippen LogP) is 3.83. The second kappa shape index (κ2) is 8.80. The van der Waals surface area contributed by atoms with Gasteiger partial charge in [-0.1, -0.05) is 17.8 Å². The van der Waals surface area contributed by atoms with E-state index in [-0.39, 0.29) is 22.2 Å². The van der Waals surface area contributed by atoms with Crippen molar-refractivity contribution >= 4 is 38.8 Å². The highest BCUT2D eigenvalue weighted by molar-refractivity contribution is 8.00. The Balaban J connectivity index is 1.93. The fraction of sp³-hybridized carbons (Fsp3) is 0.421. The van der Waals surface area contributed by atoms with Gasteiger partial charge in [-0.25, -0.2) is 13.4 Å². The van der Waals surface area contributed by atoms with E-state index in [1.807, 2.05) is 0 Å². The van der Waals surface area contributed by atoms with Crippen LogP contribution in [-0.4, -0.2) is 54.1 Å². The molecule has 3 heterocycles. The van der Waals surface area contributed by atoms with E-state index in [9.17, 15) is 31.6 Å². The van der Waals surface area contributed by atoms with Gasteiger partial charge in [-0.2, -0.15) is 18.4 Å². The summed E-state index contributed by atoms with van der Waals surface area (Å²) in [5, 5.41) is 10.1. The molecule has 1 aliphatic heterocycles. The predicted molar refractivity (Wildman–Crippen MR) is 112 cm³/mol. The van der Waals surface area contributed by atoms with Gasteiger partial charge in [0.1, 0.15) is 11.1 Å². The Kier molecular flexibility index (Phi) is 6.69. The minimum atomic E-state index is -4.77. The second-order valence-electron chi connectivity index (χ2n) is 7.09. The Bertz CT molecular complexity index is 1130. The molecular formula is C19H18F3N3O3S3. The van der Waals surface area contributed by atoms with Crippen molar-refractivity contribution in [2.45, 2.75) is 35.8 Å². The Labute approximate surface area is 186 Å². The molecule has 31 heavy (non-hydrogen) atoms. The van der Waals surface area contributed by atoms with Gasteiger partial charge in [-0.05, 0) is 30.9 Å². The number of nitrogens with zero attached hydrogens (tertiary/aromatic N) is 3. The summed E-state index contributed by atoms with van der Waals surface area (Å²) in [5.74, 6) is -0.581. The molecule has 6 nitrogen and oxygen atoms in total. The number of aromatic nitrogens is 1.